The minimum Gasteiger partial charge on any atom is -0.489 e. The molecule has 1 saturated heterocycles. The Morgan fingerprint density at radius 1 is 0.917 bits per heavy atom. The van der Waals surface area contributed by atoms with Gasteiger partial charge in [-0.3, -0.25) is 4.79 Å². The lowest BCUT2D eigenvalue weighted by molar-refractivity contribution is 0.0761. The number of ether oxygens (including phenoxy) is 1. The molecule has 4 heteroatoms. The third-order valence-corrected chi connectivity index (χ3v) is 5.03. The Hall–Kier alpha value is -1.56. The van der Waals surface area contributed by atoms with Gasteiger partial charge in [0.15, 0.2) is 0 Å². The van der Waals surface area contributed by atoms with Crippen LogP contribution in [0.25, 0.3) is 0 Å². The normalized spacial score (nSPS) is 15.0. The monoisotopic (exact) mass is 435 g/mol. The van der Waals surface area contributed by atoms with Crippen LogP contribution < -0.4 is 4.74 Å². The van der Waals surface area contributed by atoms with Gasteiger partial charge in [0.1, 0.15) is 12.4 Å². The molecule has 1 aliphatic rings. The minimum absolute atomic E-state index is 0.155. The molecule has 0 bridgehead atoms. The third-order valence-electron chi connectivity index (χ3n) is 4.31. The highest BCUT2D eigenvalue weighted by molar-refractivity contribution is 14.1. The molecule has 0 atom stereocenters. The van der Waals surface area contributed by atoms with E-state index in [0.29, 0.717) is 6.61 Å². The molecule has 1 aliphatic heterocycles. The van der Waals surface area contributed by atoms with E-state index in [2.05, 4.69) is 22.6 Å². The van der Waals surface area contributed by atoms with Crippen LogP contribution >= 0.6 is 22.6 Å². The van der Waals surface area contributed by atoms with Gasteiger partial charge in [-0.2, -0.15) is 0 Å². The molecule has 0 spiro atoms. The molecule has 0 radical (unpaired) electrons. The second-order valence-corrected chi connectivity index (χ2v) is 7.39. The predicted octanol–water partition coefficient (Wildman–Crippen LogP) is 4.89. The van der Waals surface area contributed by atoms with Crippen molar-refractivity contribution in [1.29, 1.82) is 0 Å². The largest absolute Gasteiger partial charge is 0.489 e. The van der Waals surface area contributed by atoms with Gasteiger partial charge in [-0.15, -0.1) is 0 Å². The molecule has 0 aromatic heterocycles. The number of hydrogen-bond acceptors (Lipinski definition) is 2. The van der Waals surface area contributed by atoms with Gasteiger partial charge in [-0.05, 0) is 77.4 Å². The van der Waals surface area contributed by atoms with E-state index in [1.54, 1.807) is 0 Å². The van der Waals surface area contributed by atoms with Gasteiger partial charge >= 0.3 is 0 Å². The summed E-state index contributed by atoms with van der Waals surface area (Å²) < 4.78 is 6.97. The van der Waals surface area contributed by atoms with Crippen molar-refractivity contribution in [2.45, 2.75) is 32.3 Å². The number of rotatable bonds is 4. The summed E-state index contributed by atoms with van der Waals surface area (Å²) in [7, 11) is 0. The van der Waals surface area contributed by atoms with Crippen molar-refractivity contribution < 1.29 is 9.53 Å². The molecule has 3 nitrogen and oxygen atoms in total. The van der Waals surface area contributed by atoms with E-state index >= 15 is 0 Å². The first-order valence-electron chi connectivity index (χ1n) is 8.49. The fourth-order valence-electron chi connectivity index (χ4n) is 2.90. The standard InChI is InChI=1S/C20H22INO2/c21-18-9-11-19(12-10-18)24-15-16-5-7-17(8-6-16)20(23)22-13-3-1-2-4-14-22/h5-12H,1-4,13-15H2. The highest BCUT2D eigenvalue weighted by atomic mass is 127. The van der Waals surface area contributed by atoms with Gasteiger partial charge in [0, 0.05) is 22.2 Å². The van der Waals surface area contributed by atoms with Crippen LogP contribution in [0.3, 0.4) is 0 Å². The average Bonchev–Trinajstić information content (AvgIpc) is 2.90. The van der Waals surface area contributed by atoms with Crippen LogP contribution in [0.2, 0.25) is 0 Å². The number of hydrogen-bond donors (Lipinski definition) is 0. The van der Waals surface area contributed by atoms with Crippen molar-refractivity contribution in [2.24, 2.45) is 0 Å². The molecule has 3 rings (SSSR count). The van der Waals surface area contributed by atoms with Crippen molar-refractivity contribution in [2.75, 3.05) is 13.1 Å². The number of carbonyl (C=O) groups excluding carboxylic acids is 1. The molecule has 1 heterocycles. The summed E-state index contributed by atoms with van der Waals surface area (Å²) in [5.41, 5.74) is 1.84. The zero-order valence-electron chi connectivity index (χ0n) is 13.7. The molecule has 0 aliphatic carbocycles. The Morgan fingerprint density at radius 2 is 1.54 bits per heavy atom. The molecule has 1 amide bonds. The van der Waals surface area contributed by atoms with E-state index < -0.39 is 0 Å². The van der Waals surface area contributed by atoms with Gasteiger partial charge < -0.3 is 9.64 Å². The Balaban J connectivity index is 1.58. The Labute approximate surface area is 157 Å². The van der Waals surface area contributed by atoms with E-state index in [0.717, 1.165) is 42.8 Å². The van der Waals surface area contributed by atoms with Crippen LogP contribution in [-0.2, 0) is 6.61 Å². The number of halogens is 1. The van der Waals surface area contributed by atoms with Crippen molar-refractivity contribution in [3.05, 3.63) is 63.2 Å². The molecule has 24 heavy (non-hydrogen) atoms. The molecular weight excluding hydrogens is 413 g/mol. The second kappa shape index (κ2) is 8.51. The number of amides is 1. The summed E-state index contributed by atoms with van der Waals surface area (Å²) in [6.45, 7) is 2.28. The first-order chi connectivity index (χ1) is 11.7. The maximum absolute atomic E-state index is 12.6. The molecule has 2 aromatic rings. The number of carbonyl (C=O) groups is 1. The van der Waals surface area contributed by atoms with Crippen LogP contribution in [-0.4, -0.2) is 23.9 Å². The number of likely N-dealkylation sites (tertiary alicyclic amines) is 1. The van der Waals surface area contributed by atoms with Crippen LogP contribution in [0.15, 0.2) is 48.5 Å². The quantitative estimate of drug-likeness (QED) is 0.641. The van der Waals surface area contributed by atoms with Crippen molar-refractivity contribution in [1.82, 2.24) is 4.90 Å². The van der Waals surface area contributed by atoms with Crippen LogP contribution in [0.4, 0.5) is 0 Å². The molecule has 0 N–H and O–H groups in total. The summed E-state index contributed by atoms with van der Waals surface area (Å²) in [4.78, 5) is 14.6. The van der Waals surface area contributed by atoms with Crippen molar-refractivity contribution in [3.63, 3.8) is 0 Å². The lowest BCUT2D eigenvalue weighted by Crippen LogP contribution is -2.31. The zero-order chi connectivity index (χ0) is 16.8. The van der Waals surface area contributed by atoms with E-state index in [-0.39, 0.29) is 5.91 Å². The highest BCUT2D eigenvalue weighted by Gasteiger charge is 2.16. The summed E-state index contributed by atoms with van der Waals surface area (Å²) >= 11 is 2.28. The maximum Gasteiger partial charge on any atom is 0.253 e. The number of nitrogens with zero attached hydrogens (tertiary/aromatic N) is 1. The van der Waals surface area contributed by atoms with Crippen molar-refractivity contribution in [3.8, 4) is 5.75 Å². The van der Waals surface area contributed by atoms with Gasteiger partial charge in [0.05, 0.1) is 0 Å². The molecule has 2 aromatic carbocycles. The Morgan fingerprint density at radius 3 is 2.17 bits per heavy atom. The first kappa shape index (κ1) is 17.3. The summed E-state index contributed by atoms with van der Waals surface area (Å²) in [6, 6.07) is 15.8. The first-order valence-corrected chi connectivity index (χ1v) is 9.57. The van der Waals surface area contributed by atoms with E-state index in [4.69, 9.17) is 4.74 Å². The van der Waals surface area contributed by atoms with Gasteiger partial charge in [0.2, 0.25) is 0 Å². The fraction of sp³-hybridized carbons (Fsp3) is 0.350. The second-order valence-electron chi connectivity index (χ2n) is 6.15. The van der Waals surface area contributed by atoms with Crippen LogP contribution in [0, 0.1) is 3.57 Å². The van der Waals surface area contributed by atoms with E-state index in [1.165, 1.54) is 16.4 Å². The van der Waals surface area contributed by atoms with E-state index in [1.807, 2.05) is 53.4 Å². The fourth-order valence-corrected chi connectivity index (χ4v) is 3.26. The third kappa shape index (κ3) is 4.72. The summed E-state index contributed by atoms with van der Waals surface area (Å²) in [5.74, 6) is 1.02. The average molecular weight is 435 g/mol. The molecular formula is C20H22INO2. The number of benzene rings is 2. The lowest BCUT2D eigenvalue weighted by Gasteiger charge is -2.20. The predicted molar refractivity (Wildman–Crippen MR) is 104 cm³/mol. The van der Waals surface area contributed by atoms with Crippen molar-refractivity contribution >= 4 is 28.5 Å². The highest BCUT2D eigenvalue weighted by Crippen LogP contribution is 2.17. The molecule has 0 saturated carbocycles. The summed E-state index contributed by atoms with van der Waals surface area (Å²) in [5, 5.41) is 0. The van der Waals surface area contributed by atoms with Crippen LogP contribution in [0.1, 0.15) is 41.6 Å². The smallest absolute Gasteiger partial charge is 0.253 e. The van der Waals surface area contributed by atoms with Crippen LogP contribution in [0.5, 0.6) is 5.75 Å². The van der Waals surface area contributed by atoms with Gasteiger partial charge in [-0.25, -0.2) is 0 Å². The molecule has 126 valence electrons. The van der Waals surface area contributed by atoms with Gasteiger partial charge in [0.25, 0.3) is 5.91 Å². The Bertz CT molecular complexity index is 659. The molecule has 0 unspecified atom stereocenters. The zero-order valence-corrected chi connectivity index (χ0v) is 15.9. The Kier molecular flexibility index (Phi) is 6.12. The lowest BCUT2D eigenvalue weighted by atomic mass is 10.1. The van der Waals surface area contributed by atoms with Gasteiger partial charge in [-0.1, -0.05) is 25.0 Å². The maximum atomic E-state index is 12.6. The topological polar surface area (TPSA) is 29.5 Å². The SMILES string of the molecule is O=C(c1ccc(COc2ccc(I)cc2)cc1)N1CCCCCC1. The summed E-state index contributed by atoms with van der Waals surface area (Å²) in [6.07, 6.45) is 4.71. The minimum atomic E-state index is 0.155. The van der Waals surface area contributed by atoms with E-state index in [9.17, 15) is 4.79 Å². The molecule has 1 fully saturated rings.